The van der Waals surface area contributed by atoms with Gasteiger partial charge >= 0.3 is 0 Å². The number of aliphatic hydroxyl groups excluding tert-OH is 1. The van der Waals surface area contributed by atoms with Crippen molar-refractivity contribution in [3.8, 4) is 0 Å². The Labute approximate surface area is 128 Å². The van der Waals surface area contributed by atoms with Gasteiger partial charge in [0.2, 0.25) is 0 Å². The van der Waals surface area contributed by atoms with E-state index >= 15 is 0 Å². The van der Waals surface area contributed by atoms with Gasteiger partial charge in [-0.15, -0.1) is 0 Å². The highest BCUT2D eigenvalue weighted by Crippen LogP contribution is 2.24. The van der Waals surface area contributed by atoms with Crippen LogP contribution in [0.2, 0.25) is 5.02 Å². The number of hydrogen-bond acceptors (Lipinski definition) is 3. The van der Waals surface area contributed by atoms with Gasteiger partial charge in [0.1, 0.15) is 0 Å². The molecular formula is C16H17ClN2O2. The molecule has 5 heteroatoms. The Bertz CT molecular complexity index is 617. The largest absolute Gasteiger partial charge is 0.398 e. The fraction of sp³-hybridized carbons (Fsp3) is 0.188. The first kappa shape index (κ1) is 15.4. The molecule has 0 unspecified atom stereocenters. The van der Waals surface area contributed by atoms with E-state index < -0.39 is 0 Å². The van der Waals surface area contributed by atoms with Crippen LogP contribution in [0.1, 0.15) is 15.9 Å². The number of nitrogen functional groups attached to an aromatic ring is 1. The van der Waals surface area contributed by atoms with E-state index in [4.69, 9.17) is 17.3 Å². The third-order valence-corrected chi connectivity index (χ3v) is 3.55. The lowest BCUT2D eigenvalue weighted by molar-refractivity contribution is 0.0708. The number of nitrogens with zero attached hydrogens (tertiary/aromatic N) is 1. The summed E-state index contributed by atoms with van der Waals surface area (Å²) in [6.07, 6.45) is 0. The van der Waals surface area contributed by atoms with E-state index in [1.165, 1.54) is 0 Å². The number of anilines is 1. The summed E-state index contributed by atoms with van der Waals surface area (Å²) in [5.74, 6) is -0.245. The number of amides is 1. The molecule has 0 saturated carbocycles. The average molecular weight is 305 g/mol. The van der Waals surface area contributed by atoms with Gasteiger partial charge in [0.05, 0.1) is 22.9 Å². The van der Waals surface area contributed by atoms with Crippen molar-refractivity contribution in [1.29, 1.82) is 0 Å². The molecule has 4 nitrogen and oxygen atoms in total. The molecule has 3 N–H and O–H groups in total. The summed E-state index contributed by atoms with van der Waals surface area (Å²) >= 11 is 6.10. The van der Waals surface area contributed by atoms with Gasteiger partial charge in [-0.05, 0) is 17.7 Å². The number of carbonyl (C=O) groups excluding carboxylic acids is 1. The van der Waals surface area contributed by atoms with Crippen molar-refractivity contribution >= 4 is 23.2 Å². The molecular weight excluding hydrogens is 288 g/mol. The number of hydrogen-bond donors (Lipinski definition) is 2. The fourth-order valence-electron chi connectivity index (χ4n) is 2.06. The van der Waals surface area contributed by atoms with Crippen LogP contribution in [0.15, 0.2) is 48.5 Å². The second-order valence-electron chi connectivity index (χ2n) is 4.64. The predicted molar refractivity (Wildman–Crippen MR) is 84.1 cm³/mol. The lowest BCUT2D eigenvalue weighted by atomic mass is 10.1. The highest BCUT2D eigenvalue weighted by atomic mass is 35.5. The number of halogens is 1. The summed E-state index contributed by atoms with van der Waals surface area (Å²) in [6.45, 7) is 0.530. The van der Waals surface area contributed by atoms with Crippen molar-refractivity contribution in [2.75, 3.05) is 18.9 Å². The Kier molecular flexibility index (Phi) is 5.20. The molecule has 110 valence electrons. The number of nitrogens with two attached hydrogens (primary N) is 1. The molecule has 0 aliphatic carbocycles. The van der Waals surface area contributed by atoms with Crippen LogP contribution in [-0.4, -0.2) is 29.1 Å². The van der Waals surface area contributed by atoms with Gasteiger partial charge in [0.15, 0.2) is 0 Å². The van der Waals surface area contributed by atoms with Crippen molar-refractivity contribution in [2.24, 2.45) is 0 Å². The van der Waals surface area contributed by atoms with Gasteiger partial charge in [-0.2, -0.15) is 0 Å². The van der Waals surface area contributed by atoms with E-state index in [2.05, 4.69) is 0 Å². The van der Waals surface area contributed by atoms with Crippen molar-refractivity contribution < 1.29 is 9.90 Å². The molecule has 21 heavy (non-hydrogen) atoms. The maximum absolute atomic E-state index is 12.6. The highest BCUT2D eigenvalue weighted by Gasteiger charge is 2.19. The van der Waals surface area contributed by atoms with E-state index in [0.717, 1.165) is 5.56 Å². The Morgan fingerprint density at radius 2 is 1.86 bits per heavy atom. The molecule has 1 amide bonds. The second kappa shape index (κ2) is 7.11. The Morgan fingerprint density at radius 1 is 1.14 bits per heavy atom. The third kappa shape index (κ3) is 3.74. The van der Waals surface area contributed by atoms with Crippen LogP contribution >= 0.6 is 11.6 Å². The van der Waals surface area contributed by atoms with Crippen molar-refractivity contribution in [1.82, 2.24) is 4.90 Å². The van der Waals surface area contributed by atoms with Gasteiger partial charge in [0, 0.05) is 13.1 Å². The molecule has 2 rings (SSSR count). The van der Waals surface area contributed by atoms with Gasteiger partial charge in [-0.1, -0.05) is 48.0 Å². The Hall–Kier alpha value is -2.04. The number of carbonyl (C=O) groups is 1. The summed E-state index contributed by atoms with van der Waals surface area (Å²) in [6, 6.07) is 14.6. The van der Waals surface area contributed by atoms with Gasteiger partial charge in [0.25, 0.3) is 5.91 Å². The van der Waals surface area contributed by atoms with E-state index in [0.29, 0.717) is 17.8 Å². The van der Waals surface area contributed by atoms with E-state index in [9.17, 15) is 9.90 Å². The van der Waals surface area contributed by atoms with Crippen molar-refractivity contribution in [3.63, 3.8) is 0 Å². The lowest BCUT2D eigenvalue weighted by Gasteiger charge is -2.22. The van der Waals surface area contributed by atoms with Crippen LogP contribution in [0.5, 0.6) is 0 Å². The number of rotatable bonds is 5. The first-order chi connectivity index (χ1) is 10.1. The maximum atomic E-state index is 12.6. The zero-order valence-corrected chi connectivity index (χ0v) is 12.3. The molecule has 0 aliphatic rings. The minimum Gasteiger partial charge on any atom is -0.398 e. The van der Waals surface area contributed by atoms with Crippen molar-refractivity contribution in [2.45, 2.75) is 6.54 Å². The maximum Gasteiger partial charge on any atom is 0.255 e. The summed E-state index contributed by atoms with van der Waals surface area (Å²) in [7, 11) is 0. The summed E-state index contributed by atoms with van der Waals surface area (Å²) in [5.41, 5.74) is 7.43. The SMILES string of the molecule is Nc1cccc(C(=O)N(CCO)Cc2ccccc2)c1Cl. The fourth-order valence-corrected chi connectivity index (χ4v) is 2.27. The third-order valence-electron chi connectivity index (χ3n) is 3.13. The van der Waals surface area contributed by atoms with E-state index in [1.54, 1.807) is 23.1 Å². The van der Waals surface area contributed by atoms with Gasteiger partial charge < -0.3 is 15.7 Å². The van der Waals surface area contributed by atoms with Crippen LogP contribution in [0, 0.1) is 0 Å². The molecule has 2 aromatic rings. The molecule has 0 saturated heterocycles. The smallest absolute Gasteiger partial charge is 0.255 e. The van der Waals surface area contributed by atoms with Crippen LogP contribution in [0.25, 0.3) is 0 Å². The molecule has 0 spiro atoms. The minimum absolute atomic E-state index is 0.113. The number of aliphatic hydroxyl groups is 1. The standard InChI is InChI=1S/C16H17ClN2O2/c17-15-13(7-4-8-14(15)18)16(21)19(9-10-20)11-12-5-2-1-3-6-12/h1-8,20H,9-11,18H2. The first-order valence-corrected chi connectivity index (χ1v) is 6.99. The molecule has 0 radical (unpaired) electrons. The molecule has 0 heterocycles. The summed E-state index contributed by atoms with van der Waals surface area (Å²) < 4.78 is 0. The molecule has 0 fully saturated rings. The monoisotopic (exact) mass is 304 g/mol. The highest BCUT2D eigenvalue weighted by molar-refractivity contribution is 6.36. The summed E-state index contributed by atoms with van der Waals surface area (Å²) in [4.78, 5) is 14.1. The molecule has 0 aliphatic heterocycles. The van der Waals surface area contributed by atoms with Gasteiger partial charge in [-0.25, -0.2) is 0 Å². The van der Waals surface area contributed by atoms with Gasteiger partial charge in [-0.3, -0.25) is 4.79 Å². The van der Waals surface area contributed by atoms with Crippen LogP contribution in [0.4, 0.5) is 5.69 Å². The van der Waals surface area contributed by atoms with E-state index in [1.807, 2.05) is 30.3 Å². The van der Waals surface area contributed by atoms with Crippen LogP contribution < -0.4 is 5.73 Å². The molecule has 0 aromatic heterocycles. The Balaban J connectivity index is 2.25. The second-order valence-corrected chi connectivity index (χ2v) is 5.02. The Morgan fingerprint density at radius 3 is 2.52 bits per heavy atom. The normalized spacial score (nSPS) is 10.4. The molecule has 0 atom stereocenters. The number of benzene rings is 2. The van der Waals surface area contributed by atoms with E-state index in [-0.39, 0.29) is 24.1 Å². The minimum atomic E-state index is -0.245. The van der Waals surface area contributed by atoms with Crippen LogP contribution in [-0.2, 0) is 6.54 Å². The zero-order chi connectivity index (χ0) is 15.2. The average Bonchev–Trinajstić information content (AvgIpc) is 2.50. The molecule has 2 aromatic carbocycles. The quantitative estimate of drug-likeness (QED) is 0.834. The lowest BCUT2D eigenvalue weighted by Crippen LogP contribution is -2.33. The molecule has 0 bridgehead atoms. The first-order valence-electron chi connectivity index (χ1n) is 6.61. The topological polar surface area (TPSA) is 66.6 Å². The predicted octanol–water partition coefficient (Wildman–Crippen LogP) is 2.56. The summed E-state index contributed by atoms with van der Waals surface area (Å²) in [5, 5.41) is 9.43. The van der Waals surface area contributed by atoms with Crippen LogP contribution in [0.3, 0.4) is 0 Å². The zero-order valence-electron chi connectivity index (χ0n) is 11.5. The van der Waals surface area contributed by atoms with Crippen molar-refractivity contribution in [3.05, 3.63) is 64.7 Å².